The number of rotatable bonds is 3. The third-order valence-electron chi connectivity index (χ3n) is 4.18. The Hall–Kier alpha value is -1.91. The van der Waals surface area contributed by atoms with Gasteiger partial charge in [0.25, 0.3) is 5.91 Å². The summed E-state index contributed by atoms with van der Waals surface area (Å²) in [6.45, 7) is 0.674. The number of hydrogen-bond donors (Lipinski definition) is 2. The zero-order valence-corrected chi connectivity index (χ0v) is 11.4. The Morgan fingerprint density at radius 1 is 1.25 bits per heavy atom. The fraction of sp³-hybridized carbons (Fsp3) is 0.533. The van der Waals surface area contributed by atoms with Gasteiger partial charge in [-0.15, -0.1) is 0 Å². The van der Waals surface area contributed by atoms with Gasteiger partial charge in [-0.1, -0.05) is 12.2 Å². The van der Waals surface area contributed by atoms with Gasteiger partial charge in [-0.25, -0.2) is 9.97 Å². The van der Waals surface area contributed by atoms with Crippen molar-refractivity contribution in [2.45, 2.75) is 44.1 Å². The summed E-state index contributed by atoms with van der Waals surface area (Å²) in [6.07, 6.45) is 9.69. The molecule has 1 fully saturated rings. The molecule has 1 amide bonds. The second kappa shape index (κ2) is 4.58. The molecule has 5 heteroatoms. The fourth-order valence-electron chi connectivity index (χ4n) is 2.88. The highest BCUT2D eigenvalue weighted by Gasteiger charge is 2.31. The number of hydrogen-bond acceptors (Lipinski definition) is 4. The van der Waals surface area contributed by atoms with Gasteiger partial charge in [0.05, 0.1) is 0 Å². The average Bonchev–Trinajstić information content (AvgIpc) is 3.18. The van der Waals surface area contributed by atoms with E-state index >= 15 is 0 Å². The molecule has 1 aromatic rings. The smallest absolute Gasteiger partial charge is 0.270 e. The van der Waals surface area contributed by atoms with E-state index in [2.05, 4.69) is 27.8 Å². The van der Waals surface area contributed by atoms with Crippen molar-refractivity contribution in [1.29, 1.82) is 0 Å². The highest BCUT2D eigenvalue weighted by Crippen LogP contribution is 2.39. The third-order valence-corrected chi connectivity index (χ3v) is 4.18. The van der Waals surface area contributed by atoms with Crippen LogP contribution in [-0.2, 0) is 6.42 Å². The van der Waals surface area contributed by atoms with Crippen LogP contribution in [0.3, 0.4) is 0 Å². The first kappa shape index (κ1) is 11.9. The van der Waals surface area contributed by atoms with Gasteiger partial charge in [0, 0.05) is 24.1 Å². The predicted molar refractivity (Wildman–Crippen MR) is 75.8 cm³/mol. The number of carbonyl (C=O) groups is 1. The number of allylic oxidation sites excluding steroid dienone is 1. The molecule has 0 bridgehead atoms. The SMILES string of the molecule is O=C1NCCc2c(NC3C=CCC3)nc(C3CC3)nc21. The molecule has 2 aliphatic carbocycles. The summed E-state index contributed by atoms with van der Waals surface area (Å²) in [7, 11) is 0. The van der Waals surface area contributed by atoms with Gasteiger partial charge in [-0.2, -0.15) is 0 Å². The van der Waals surface area contributed by atoms with Crippen LogP contribution in [0.1, 0.15) is 53.5 Å². The summed E-state index contributed by atoms with van der Waals surface area (Å²) >= 11 is 0. The number of amides is 1. The van der Waals surface area contributed by atoms with Crippen molar-refractivity contribution in [3.8, 4) is 0 Å². The van der Waals surface area contributed by atoms with Crippen LogP contribution in [0.25, 0.3) is 0 Å². The van der Waals surface area contributed by atoms with Crippen molar-refractivity contribution < 1.29 is 4.79 Å². The normalized spacial score (nSPS) is 24.4. The van der Waals surface area contributed by atoms with E-state index in [1.807, 2.05) is 0 Å². The topological polar surface area (TPSA) is 66.9 Å². The number of carbonyl (C=O) groups excluding carboxylic acids is 1. The molecule has 5 nitrogen and oxygen atoms in total. The van der Waals surface area contributed by atoms with Crippen LogP contribution in [-0.4, -0.2) is 28.5 Å². The third kappa shape index (κ3) is 2.07. The lowest BCUT2D eigenvalue weighted by Gasteiger charge is -2.21. The maximum Gasteiger partial charge on any atom is 0.270 e. The second-order valence-corrected chi connectivity index (χ2v) is 5.79. The van der Waals surface area contributed by atoms with Crippen molar-refractivity contribution in [2.75, 3.05) is 11.9 Å². The molecule has 1 aliphatic heterocycles. The van der Waals surface area contributed by atoms with E-state index in [4.69, 9.17) is 4.98 Å². The number of anilines is 1. The van der Waals surface area contributed by atoms with Crippen molar-refractivity contribution >= 4 is 11.7 Å². The van der Waals surface area contributed by atoms with Crippen molar-refractivity contribution in [2.24, 2.45) is 0 Å². The predicted octanol–water partition coefficient (Wildman–Crippen LogP) is 1.77. The second-order valence-electron chi connectivity index (χ2n) is 5.79. The standard InChI is InChI=1S/C15H18N4O/c20-15-12-11(7-8-16-15)14(17-10-3-1-2-4-10)19-13(18-12)9-5-6-9/h1,3,9-10H,2,4-8H2,(H,16,20)(H,17,18,19). The van der Waals surface area contributed by atoms with E-state index in [0.717, 1.165) is 49.3 Å². The van der Waals surface area contributed by atoms with Gasteiger partial charge in [0.1, 0.15) is 17.3 Å². The molecule has 2 heterocycles. The Morgan fingerprint density at radius 2 is 2.15 bits per heavy atom. The largest absolute Gasteiger partial charge is 0.364 e. The first-order chi connectivity index (χ1) is 9.81. The maximum absolute atomic E-state index is 12.0. The van der Waals surface area contributed by atoms with Crippen LogP contribution in [0.15, 0.2) is 12.2 Å². The minimum absolute atomic E-state index is 0.0550. The van der Waals surface area contributed by atoms with E-state index in [-0.39, 0.29) is 5.91 Å². The molecule has 2 N–H and O–H groups in total. The summed E-state index contributed by atoms with van der Waals surface area (Å²) in [6, 6.07) is 0.339. The zero-order chi connectivity index (χ0) is 13.5. The van der Waals surface area contributed by atoms with Crippen molar-refractivity contribution in [3.05, 3.63) is 29.2 Å². The van der Waals surface area contributed by atoms with Crippen LogP contribution in [0, 0.1) is 0 Å². The van der Waals surface area contributed by atoms with Gasteiger partial charge in [0.2, 0.25) is 0 Å². The highest BCUT2D eigenvalue weighted by atomic mass is 16.1. The van der Waals surface area contributed by atoms with E-state index in [0.29, 0.717) is 24.2 Å². The molecule has 0 saturated heterocycles. The molecule has 1 saturated carbocycles. The minimum atomic E-state index is -0.0550. The average molecular weight is 270 g/mol. The number of nitrogens with one attached hydrogen (secondary N) is 2. The zero-order valence-electron chi connectivity index (χ0n) is 11.4. The number of fused-ring (bicyclic) bond motifs is 1. The highest BCUT2D eigenvalue weighted by molar-refractivity contribution is 5.96. The summed E-state index contributed by atoms with van der Waals surface area (Å²) < 4.78 is 0. The lowest BCUT2D eigenvalue weighted by molar-refractivity contribution is 0.0940. The maximum atomic E-state index is 12.0. The lowest BCUT2D eigenvalue weighted by Crippen LogP contribution is -2.34. The Labute approximate surface area is 117 Å². The summed E-state index contributed by atoms with van der Waals surface area (Å²) in [5, 5.41) is 6.37. The molecule has 4 rings (SSSR count). The monoisotopic (exact) mass is 270 g/mol. The first-order valence-electron chi connectivity index (χ1n) is 7.43. The van der Waals surface area contributed by atoms with E-state index in [1.54, 1.807) is 0 Å². The van der Waals surface area contributed by atoms with E-state index < -0.39 is 0 Å². The van der Waals surface area contributed by atoms with Crippen LogP contribution in [0.2, 0.25) is 0 Å². The van der Waals surface area contributed by atoms with E-state index in [1.165, 1.54) is 0 Å². The molecule has 104 valence electrons. The molecule has 1 aromatic heterocycles. The van der Waals surface area contributed by atoms with Crippen LogP contribution in [0.4, 0.5) is 5.82 Å². The van der Waals surface area contributed by atoms with Gasteiger partial charge >= 0.3 is 0 Å². The molecule has 0 aromatic carbocycles. The minimum Gasteiger partial charge on any atom is -0.364 e. The van der Waals surface area contributed by atoms with Crippen molar-refractivity contribution in [1.82, 2.24) is 15.3 Å². The van der Waals surface area contributed by atoms with E-state index in [9.17, 15) is 4.79 Å². The van der Waals surface area contributed by atoms with Gasteiger partial charge < -0.3 is 10.6 Å². The molecule has 0 spiro atoms. The van der Waals surface area contributed by atoms with Crippen LogP contribution in [0.5, 0.6) is 0 Å². The summed E-state index contributed by atoms with van der Waals surface area (Å²) in [5.74, 6) is 2.11. The molecule has 1 unspecified atom stereocenters. The number of aromatic nitrogens is 2. The molecular formula is C15H18N4O. The molecule has 1 atom stereocenters. The Morgan fingerprint density at radius 3 is 2.90 bits per heavy atom. The summed E-state index contributed by atoms with van der Waals surface area (Å²) in [4.78, 5) is 21.2. The van der Waals surface area contributed by atoms with Crippen LogP contribution < -0.4 is 10.6 Å². The molecular weight excluding hydrogens is 252 g/mol. The Balaban J connectivity index is 1.74. The molecule has 3 aliphatic rings. The fourth-order valence-corrected chi connectivity index (χ4v) is 2.88. The summed E-state index contributed by atoms with van der Waals surface area (Å²) in [5.41, 5.74) is 1.57. The van der Waals surface area contributed by atoms with Gasteiger partial charge in [-0.05, 0) is 32.1 Å². The quantitative estimate of drug-likeness (QED) is 0.821. The van der Waals surface area contributed by atoms with Crippen LogP contribution >= 0.6 is 0 Å². The first-order valence-corrected chi connectivity index (χ1v) is 7.43. The lowest BCUT2D eigenvalue weighted by atomic mass is 10.1. The Bertz CT molecular complexity index is 592. The van der Waals surface area contributed by atoms with Gasteiger partial charge in [-0.3, -0.25) is 4.79 Å². The number of nitrogens with zero attached hydrogens (tertiary/aromatic N) is 2. The molecule has 0 radical (unpaired) electrons. The van der Waals surface area contributed by atoms with Gasteiger partial charge in [0.15, 0.2) is 0 Å². The Kier molecular flexibility index (Phi) is 2.72. The van der Waals surface area contributed by atoms with Crippen molar-refractivity contribution in [3.63, 3.8) is 0 Å². The molecule has 20 heavy (non-hydrogen) atoms.